The first-order chi connectivity index (χ1) is 16.5. The minimum Gasteiger partial charge on any atom is -0.432 e. The van der Waals surface area contributed by atoms with E-state index in [9.17, 15) is 9.59 Å². The summed E-state index contributed by atoms with van der Waals surface area (Å²) in [5.74, 6) is 0. The molecule has 1 saturated heterocycles. The molecule has 20 N–H and O–H groups in total. The van der Waals surface area contributed by atoms with Crippen LogP contribution >= 0.6 is 0 Å². The number of cyclic esters (lactones) is 2. The lowest BCUT2D eigenvalue weighted by molar-refractivity contribution is -0.0180. The molecule has 0 radical (unpaired) electrons. The Kier molecular flexibility index (Phi) is 68.0. The van der Waals surface area contributed by atoms with E-state index in [1.807, 2.05) is 0 Å². The highest BCUT2D eigenvalue weighted by atomic mass is 16.7. The van der Waals surface area contributed by atoms with Crippen LogP contribution in [-0.2, 0) is 23.7 Å². The number of urea groups is 2. The van der Waals surface area contributed by atoms with E-state index in [-0.39, 0.29) is 65.2 Å². The van der Waals surface area contributed by atoms with Gasteiger partial charge in [0.2, 0.25) is 0 Å². The van der Waals surface area contributed by atoms with E-state index in [1.165, 1.54) is 0 Å². The van der Waals surface area contributed by atoms with Crippen molar-refractivity contribution in [1.29, 1.82) is 0 Å². The predicted molar refractivity (Wildman–Crippen MR) is 126 cm³/mol. The van der Waals surface area contributed by atoms with Gasteiger partial charge in [-0.25, -0.2) is 19.2 Å². The second kappa shape index (κ2) is 49.8. The molecular weight excluding hydrogens is 516 g/mol. The Hall–Kier alpha value is -3.28. The molecule has 21 nitrogen and oxygen atoms in total. The van der Waals surface area contributed by atoms with Crippen molar-refractivity contribution in [3.05, 3.63) is 0 Å². The van der Waals surface area contributed by atoms with Crippen molar-refractivity contribution in [2.45, 2.75) is 0 Å². The van der Waals surface area contributed by atoms with E-state index in [4.69, 9.17) is 45.0 Å². The Morgan fingerprint density at radius 2 is 0.892 bits per heavy atom. The molecule has 0 aromatic carbocycles. The second-order valence-corrected chi connectivity index (χ2v) is 4.65. The third kappa shape index (κ3) is 110. The average Bonchev–Trinajstić information content (AvgIpc) is 2.78. The third-order valence-electron chi connectivity index (χ3n) is 1.72. The quantitative estimate of drug-likeness (QED) is 0.136. The first-order valence-electron chi connectivity index (χ1n) is 9.42. The number of amides is 4. The number of carbonyl (C=O) groups excluding carboxylic acids is 4. The Labute approximate surface area is 213 Å². The van der Waals surface area contributed by atoms with E-state index in [1.54, 1.807) is 0 Å². The fourth-order valence-corrected chi connectivity index (χ4v) is 0.811. The molecule has 1 aliphatic rings. The van der Waals surface area contributed by atoms with Crippen molar-refractivity contribution in [3.63, 3.8) is 0 Å². The molecule has 4 amide bonds. The van der Waals surface area contributed by atoms with Crippen molar-refractivity contribution in [1.82, 2.24) is 12.3 Å². The number of aliphatic hydroxyl groups is 6. The summed E-state index contributed by atoms with van der Waals surface area (Å²) in [6.45, 7) is 0.402. The molecule has 0 atom stereocenters. The van der Waals surface area contributed by atoms with Gasteiger partial charge in [0.05, 0.1) is 52.9 Å². The molecule has 0 aromatic heterocycles. The lowest BCUT2D eigenvalue weighted by Gasteiger charge is -2.10. The zero-order valence-electron chi connectivity index (χ0n) is 20.6. The van der Waals surface area contributed by atoms with Crippen LogP contribution in [0.5, 0.6) is 0 Å². The van der Waals surface area contributed by atoms with Crippen LogP contribution in [0, 0.1) is 0 Å². The van der Waals surface area contributed by atoms with Crippen LogP contribution < -0.4 is 35.2 Å². The maximum absolute atomic E-state index is 10.3. The summed E-state index contributed by atoms with van der Waals surface area (Å²) in [6, 6.07) is -1.67. The van der Waals surface area contributed by atoms with Crippen LogP contribution in [0.3, 0.4) is 0 Å². The zero-order valence-corrected chi connectivity index (χ0v) is 20.6. The van der Waals surface area contributed by atoms with Gasteiger partial charge in [-0.1, -0.05) is 0 Å². The number of carbonyl (C=O) groups is 4. The highest BCUT2D eigenvalue weighted by Crippen LogP contribution is 1.90. The van der Waals surface area contributed by atoms with Crippen molar-refractivity contribution in [2.24, 2.45) is 22.9 Å². The molecule has 0 aliphatic carbocycles. The fourth-order valence-electron chi connectivity index (χ4n) is 0.811. The Morgan fingerprint density at radius 1 is 0.622 bits per heavy atom. The van der Waals surface area contributed by atoms with Gasteiger partial charge < -0.3 is 89.6 Å². The van der Waals surface area contributed by atoms with Gasteiger partial charge in [0.25, 0.3) is 0 Å². The smallest absolute Gasteiger partial charge is 0.432 e. The molecule has 1 aliphatic heterocycles. The van der Waals surface area contributed by atoms with Crippen molar-refractivity contribution in [2.75, 3.05) is 79.3 Å². The summed E-state index contributed by atoms with van der Waals surface area (Å²) in [5, 5.41) is 46.8. The summed E-state index contributed by atoms with van der Waals surface area (Å²) >= 11 is 0. The second-order valence-electron chi connectivity index (χ2n) is 4.65. The summed E-state index contributed by atoms with van der Waals surface area (Å²) < 4.78 is 22.5. The maximum Gasteiger partial charge on any atom is 0.508 e. The number of aliphatic hydroxyl groups excluding tert-OH is 6. The van der Waals surface area contributed by atoms with Crippen molar-refractivity contribution >= 4 is 24.4 Å². The largest absolute Gasteiger partial charge is 0.508 e. The van der Waals surface area contributed by atoms with E-state index < -0.39 is 24.4 Å². The van der Waals surface area contributed by atoms with Crippen LogP contribution in [0.15, 0.2) is 0 Å². The number of primary amides is 4. The molecule has 37 heavy (non-hydrogen) atoms. The molecule has 21 heteroatoms. The Bertz CT molecular complexity index is 430. The van der Waals surface area contributed by atoms with Gasteiger partial charge in [0.15, 0.2) is 0 Å². The molecule has 228 valence electrons. The van der Waals surface area contributed by atoms with Gasteiger partial charge in [-0.05, 0) is 0 Å². The fraction of sp³-hybridized carbons (Fsp3) is 0.750. The molecule has 0 spiro atoms. The minimum atomic E-state index is -0.872. The van der Waals surface area contributed by atoms with E-state index in [2.05, 4.69) is 41.9 Å². The lowest BCUT2D eigenvalue weighted by Crippen LogP contribution is -2.19. The molecule has 1 rings (SSSR count). The molecule has 0 unspecified atom stereocenters. The third-order valence-corrected chi connectivity index (χ3v) is 1.72. The standard InChI is InChI=1S/C5H10O5.C5H8O4.2C2H6O2.2CH4N2O.2H3N/c6-1-3-9-5(8)10-4-2-7;6-5-8-3-1-7-2-4-9-5;2*3-1-2-4;2*2-1(3)4;;/h6-7H,1-4H2;1-4H2;2*3-4H,1-2H2;2*(H4,2,3,4);2*1H3. The van der Waals surface area contributed by atoms with Crippen LogP contribution in [0.1, 0.15) is 0 Å². The Morgan fingerprint density at radius 3 is 1.11 bits per heavy atom. The summed E-state index contributed by atoms with van der Waals surface area (Å²) in [6.07, 6.45) is -1.47. The normalized spacial score (nSPS) is 10.5. The van der Waals surface area contributed by atoms with Gasteiger partial charge in [-0.15, -0.1) is 0 Å². The van der Waals surface area contributed by atoms with Gasteiger partial charge >= 0.3 is 24.4 Å². The minimum absolute atomic E-state index is 0. The van der Waals surface area contributed by atoms with Crippen molar-refractivity contribution in [3.8, 4) is 0 Å². The number of hydrogen-bond acceptors (Lipinski definition) is 17. The molecule has 1 heterocycles. The Balaban J connectivity index is -0.0000000611. The van der Waals surface area contributed by atoms with Gasteiger partial charge in [0.1, 0.15) is 26.4 Å². The summed E-state index contributed by atoms with van der Waals surface area (Å²) in [7, 11) is 0. The monoisotopic (exact) mass is 560 g/mol. The van der Waals surface area contributed by atoms with Crippen LogP contribution in [0.4, 0.5) is 19.2 Å². The molecule has 1 fully saturated rings. The lowest BCUT2D eigenvalue weighted by atomic mass is 10.7. The zero-order chi connectivity index (χ0) is 28.3. The number of nitrogens with two attached hydrogens (primary N) is 4. The van der Waals surface area contributed by atoms with Crippen LogP contribution in [-0.4, -0.2) is 134 Å². The molecule has 0 saturated carbocycles. The highest BCUT2D eigenvalue weighted by Gasteiger charge is 2.05. The van der Waals surface area contributed by atoms with Gasteiger partial charge in [-0.2, -0.15) is 0 Å². The topological polar surface area (TPSA) is 410 Å². The van der Waals surface area contributed by atoms with Crippen molar-refractivity contribution < 1.29 is 73.5 Å². The molecule has 0 bridgehead atoms. The summed E-state index contributed by atoms with van der Waals surface area (Å²) in [5.41, 5.74) is 17.0. The van der Waals surface area contributed by atoms with E-state index in [0.717, 1.165) is 0 Å². The SMILES string of the molecule is N.N.NC(N)=O.NC(N)=O.O=C(OCCO)OCCO.O=C1OCCOCCO1.OCCO.OCCO. The highest BCUT2D eigenvalue weighted by molar-refractivity contribution is 5.69. The number of ether oxygens (including phenoxy) is 5. The average molecular weight is 561 g/mol. The predicted octanol–water partition coefficient (Wildman–Crippen LogP) is -4.39. The van der Waals surface area contributed by atoms with Gasteiger partial charge in [-0.3, -0.25) is 0 Å². The number of rotatable bonds is 6. The van der Waals surface area contributed by atoms with E-state index in [0.29, 0.717) is 26.4 Å². The van der Waals surface area contributed by atoms with Crippen LogP contribution in [0.25, 0.3) is 0 Å². The number of hydrogen-bond donors (Lipinski definition) is 12. The van der Waals surface area contributed by atoms with E-state index >= 15 is 0 Å². The first kappa shape index (κ1) is 50.6. The molecular formula is C16H44N6O15. The van der Waals surface area contributed by atoms with Gasteiger partial charge in [0, 0.05) is 0 Å². The van der Waals surface area contributed by atoms with Crippen LogP contribution in [0.2, 0.25) is 0 Å². The molecule has 0 aromatic rings. The maximum atomic E-state index is 10.3. The first-order valence-corrected chi connectivity index (χ1v) is 9.42. The summed E-state index contributed by atoms with van der Waals surface area (Å²) in [4.78, 5) is 38.6.